The number of ether oxygens (including phenoxy) is 1. The van der Waals surface area contributed by atoms with E-state index in [0.717, 1.165) is 0 Å². The zero-order valence-electron chi connectivity index (χ0n) is 12.1. The number of urea groups is 1. The van der Waals surface area contributed by atoms with Crippen molar-refractivity contribution < 1.29 is 27.5 Å². The summed E-state index contributed by atoms with van der Waals surface area (Å²) < 4.78 is 44.5. The number of hydrogen-bond donors (Lipinski definition) is 2. The molecule has 1 heterocycles. The molecule has 0 saturated heterocycles. The molecule has 0 aromatic heterocycles. The van der Waals surface area contributed by atoms with Crippen molar-refractivity contribution in [1.29, 1.82) is 0 Å². The van der Waals surface area contributed by atoms with E-state index in [9.17, 15) is 22.8 Å². The molecular formula is C14H11Cl2F3N2O3. The number of nitrogens with one attached hydrogen (secondary N) is 2. The van der Waals surface area contributed by atoms with Gasteiger partial charge in [0.05, 0.1) is 18.2 Å². The van der Waals surface area contributed by atoms with Crippen LogP contribution in [-0.4, -0.2) is 24.8 Å². The Morgan fingerprint density at radius 1 is 1.29 bits per heavy atom. The molecule has 1 aliphatic heterocycles. The smallest absolute Gasteiger partial charge is 0.432 e. The highest BCUT2D eigenvalue weighted by molar-refractivity contribution is 6.36. The van der Waals surface area contributed by atoms with Crippen molar-refractivity contribution in [2.24, 2.45) is 0 Å². The highest BCUT2D eigenvalue weighted by Crippen LogP contribution is 2.40. The molecule has 10 heteroatoms. The van der Waals surface area contributed by atoms with Gasteiger partial charge in [-0.3, -0.25) is 0 Å². The van der Waals surface area contributed by atoms with Crippen LogP contribution in [0.3, 0.4) is 0 Å². The highest BCUT2D eigenvalue weighted by Gasteiger charge is 2.46. The number of carbonyl (C=O) groups excluding carboxylic acids is 2. The van der Waals surface area contributed by atoms with E-state index in [1.54, 1.807) is 5.32 Å². The second-order valence-electron chi connectivity index (χ2n) is 4.67. The number of hydrogen-bond acceptors (Lipinski definition) is 3. The van der Waals surface area contributed by atoms with Crippen LogP contribution >= 0.6 is 23.2 Å². The topological polar surface area (TPSA) is 67.4 Å². The minimum absolute atomic E-state index is 0.00183. The molecule has 0 aliphatic carbocycles. The van der Waals surface area contributed by atoms with Crippen molar-refractivity contribution in [3.63, 3.8) is 0 Å². The van der Waals surface area contributed by atoms with E-state index in [1.165, 1.54) is 25.1 Å². The number of halogens is 5. The van der Waals surface area contributed by atoms with Gasteiger partial charge in [0.15, 0.2) is 0 Å². The fourth-order valence-electron chi connectivity index (χ4n) is 2.22. The van der Waals surface area contributed by atoms with Crippen molar-refractivity contribution in [2.75, 3.05) is 6.61 Å². The lowest BCUT2D eigenvalue weighted by atomic mass is 9.94. The SMILES string of the molecule is CCOC(=O)C1=C(C(F)(F)F)NC(=O)NC1c1c(Cl)cccc1Cl. The quantitative estimate of drug-likeness (QED) is 0.782. The van der Waals surface area contributed by atoms with Gasteiger partial charge in [0.1, 0.15) is 5.70 Å². The number of amides is 2. The molecule has 0 saturated carbocycles. The average Bonchev–Trinajstić information content (AvgIpc) is 2.45. The molecule has 24 heavy (non-hydrogen) atoms. The number of alkyl halides is 3. The number of allylic oxidation sites excluding steroid dienone is 1. The van der Waals surface area contributed by atoms with Crippen LogP contribution in [0, 0.1) is 0 Å². The first-order chi connectivity index (χ1) is 11.2. The first-order valence-electron chi connectivity index (χ1n) is 6.66. The van der Waals surface area contributed by atoms with Crippen molar-refractivity contribution in [1.82, 2.24) is 10.6 Å². The van der Waals surface area contributed by atoms with Gasteiger partial charge in [-0.1, -0.05) is 29.3 Å². The Morgan fingerprint density at radius 2 is 1.88 bits per heavy atom. The predicted octanol–water partition coefficient (Wildman–Crippen LogP) is 3.73. The van der Waals surface area contributed by atoms with Gasteiger partial charge in [0.25, 0.3) is 0 Å². The zero-order chi connectivity index (χ0) is 18.1. The fourth-order valence-corrected chi connectivity index (χ4v) is 2.84. The minimum atomic E-state index is -4.98. The first kappa shape index (κ1) is 18.4. The van der Waals surface area contributed by atoms with E-state index in [0.29, 0.717) is 0 Å². The Morgan fingerprint density at radius 3 is 2.38 bits per heavy atom. The third-order valence-electron chi connectivity index (χ3n) is 3.14. The summed E-state index contributed by atoms with van der Waals surface area (Å²) in [6.45, 7) is 1.29. The molecule has 1 aromatic carbocycles. The molecule has 0 bridgehead atoms. The van der Waals surface area contributed by atoms with Crippen LogP contribution in [0.25, 0.3) is 0 Å². The van der Waals surface area contributed by atoms with Gasteiger partial charge in [-0.15, -0.1) is 0 Å². The van der Waals surface area contributed by atoms with Gasteiger partial charge < -0.3 is 15.4 Å². The van der Waals surface area contributed by atoms with Gasteiger partial charge in [0, 0.05) is 15.6 Å². The van der Waals surface area contributed by atoms with Crippen LogP contribution < -0.4 is 10.6 Å². The summed E-state index contributed by atoms with van der Waals surface area (Å²) in [5, 5.41) is 3.83. The van der Waals surface area contributed by atoms with Gasteiger partial charge in [-0.2, -0.15) is 13.2 Å². The summed E-state index contributed by atoms with van der Waals surface area (Å²) in [5.41, 5.74) is -2.36. The van der Waals surface area contributed by atoms with E-state index in [1.807, 2.05) is 0 Å². The number of rotatable bonds is 3. The summed E-state index contributed by atoms with van der Waals surface area (Å²) in [6, 6.07) is 1.60. The second-order valence-corrected chi connectivity index (χ2v) is 5.49. The Bertz CT molecular complexity index is 699. The molecule has 1 atom stereocenters. The summed E-state index contributed by atoms with van der Waals surface area (Å²) in [6.07, 6.45) is -4.98. The van der Waals surface area contributed by atoms with Gasteiger partial charge in [0.2, 0.25) is 0 Å². The molecule has 2 amide bonds. The molecule has 1 aromatic rings. The number of carbonyl (C=O) groups is 2. The lowest BCUT2D eigenvalue weighted by Crippen LogP contribution is -2.49. The standard InChI is InChI=1S/C14H11Cl2F3N2O3/c1-2-24-12(22)9-10(8-6(15)4-3-5-7(8)16)20-13(23)21-11(9)14(17,18)19/h3-5,10H,2H2,1H3,(H2,20,21,23). The third kappa shape index (κ3) is 3.59. The second kappa shape index (κ2) is 6.90. The number of esters is 1. The molecule has 5 nitrogen and oxygen atoms in total. The molecular weight excluding hydrogens is 372 g/mol. The van der Waals surface area contributed by atoms with Crippen LogP contribution in [0.4, 0.5) is 18.0 Å². The summed E-state index contributed by atoms with van der Waals surface area (Å²) in [4.78, 5) is 23.8. The molecule has 130 valence electrons. The van der Waals surface area contributed by atoms with Crippen LogP contribution in [0.15, 0.2) is 29.5 Å². The normalized spacial score (nSPS) is 18.1. The third-order valence-corrected chi connectivity index (χ3v) is 3.80. The fraction of sp³-hybridized carbons (Fsp3) is 0.286. The highest BCUT2D eigenvalue weighted by atomic mass is 35.5. The van der Waals surface area contributed by atoms with Crippen molar-refractivity contribution in [3.8, 4) is 0 Å². The molecule has 0 fully saturated rings. The maximum absolute atomic E-state index is 13.3. The van der Waals surface area contributed by atoms with Crippen LogP contribution in [0.5, 0.6) is 0 Å². The van der Waals surface area contributed by atoms with Crippen molar-refractivity contribution in [2.45, 2.75) is 19.1 Å². The monoisotopic (exact) mass is 382 g/mol. The van der Waals surface area contributed by atoms with Crippen LogP contribution in [0.1, 0.15) is 18.5 Å². The summed E-state index contributed by atoms with van der Waals surface area (Å²) >= 11 is 12.0. The van der Waals surface area contributed by atoms with Gasteiger partial charge in [-0.25, -0.2) is 9.59 Å². The van der Waals surface area contributed by atoms with E-state index >= 15 is 0 Å². The number of benzene rings is 1. The maximum atomic E-state index is 13.3. The average molecular weight is 383 g/mol. The summed E-state index contributed by atoms with van der Waals surface area (Å²) in [7, 11) is 0. The van der Waals surface area contributed by atoms with Gasteiger partial charge in [-0.05, 0) is 19.1 Å². The molecule has 2 N–H and O–H groups in total. The van der Waals surface area contributed by atoms with E-state index in [2.05, 4.69) is 5.32 Å². The lowest BCUT2D eigenvalue weighted by Gasteiger charge is -2.30. The molecule has 0 spiro atoms. The Balaban J connectivity index is 2.71. The predicted molar refractivity (Wildman–Crippen MR) is 80.6 cm³/mol. The molecule has 0 radical (unpaired) electrons. The molecule has 2 rings (SSSR count). The van der Waals surface area contributed by atoms with E-state index in [4.69, 9.17) is 27.9 Å². The summed E-state index contributed by atoms with van der Waals surface area (Å²) in [5.74, 6) is -1.24. The van der Waals surface area contributed by atoms with Crippen LogP contribution in [0.2, 0.25) is 10.0 Å². The van der Waals surface area contributed by atoms with Gasteiger partial charge >= 0.3 is 18.2 Å². The van der Waals surface area contributed by atoms with Crippen LogP contribution in [-0.2, 0) is 9.53 Å². The van der Waals surface area contributed by atoms with Crippen molar-refractivity contribution in [3.05, 3.63) is 45.1 Å². The molecule has 1 aliphatic rings. The molecule has 1 unspecified atom stereocenters. The Hall–Kier alpha value is -1.93. The van der Waals surface area contributed by atoms with E-state index in [-0.39, 0.29) is 22.2 Å². The van der Waals surface area contributed by atoms with E-state index < -0.39 is 35.5 Å². The minimum Gasteiger partial charge on any atom is -0.463 e. The zero-order valence-corrected chi connectivity index (χ0v) is 13.6. The Kier molecular flexibility index (Phi) is 5.29. The van der Waals surface area contributed by atoms with Crippen molar-refractivity contribution >= 4 is 35.2 Å². The lowest BCUT2D eigenvalue weighted by molar-refractivity contribution is -0.140. The Labute approximate surface area is 144 Å². The maximum Gasteiger partial charge on any atom is 0.432 e. The largest absolute Gasteiger partial charge is 0.463 e. The first-order valence-corrected chi connectivity index (χ1v) is 7.42.